The average Bonchev–Trinajstić information content (AvgIpc) is 3.48. The normalized spacial score (nSPS) is 13.5. The molecule has 30 heavy (non-hydrogen) atoms. The van der Waals surface area contributed by atoms with E-state index in [1.807, 2.05) is 37.3 Å². The summed E-state index contributed by atoms with van der Waals surface area (Å²) in [6, 6.07) is 9.64. The summed E-state index contributed by atoms with van der Waals surface area (Å²) in [5.74, 6) is 2.79. The number of benzene rings is 1. The van der Waals surface area contributed by atoms with Crippen LogP contribution in [-0.4, -0.2) is 31.1 Å². The van der Waals surface area contributed by atoms with Gasteiger partial charge in [0, 0.05) is 34.7 Å². The van der Waals surface area contributed by atoms with E-state index in [9.17, 15) is 4.79 Å². The van der Waals surface area contributed by atoms with Gasteiger partial charge in [0.1, 0.15) is 5.82 Å². The van der Waals surface area contributed by atoms with Crippen molar-refractivity contribution in [2.45, 2.75) is 61.9 Å². The summed E-state index contributed by atoms with van der Waals surface area (Å²) >= 11 is 1.47. The minimum absolute atomic E-state index is 0.00310. The number of carbonyl (C=O) groups excluding carboxylic acids is 1. The Morgan fingerprint density at radius 1 is 1.20 bits per heavy atom. The third kappa shape index (κ3) is 5.15. The van der Waals surface area contributed by atoms with Crippen LogP contribution in [-0.2, 0) is 4.79 Å². The van der Waals surface area contributed by atoms with Gasteiger partial charge in [0.15, 0.2) is 11.0 Å². The molecule has 0 aliphatic heterocycles. The van der Waals surface area contributed by atoms with Crippen LogP contribution in [0.3, 0.4) is 0 Å². The lowest BCUT2D eigenvalue weighted by molar-refractivity contribution is -0.115. The number of aromatic amines is 1. The molecule has 1 fully saturated rings. The number of H-pyrrole nitrogens is 1. The minimum Gasteiger partial charge on any atom is -0.326 e. The van der Waals surface area contributed by atoms with Gasteiger partial charge in [-0.1, -0.05) is 20.8 Å². The molecule has 4 rings (SSSR count). The molecular formula is C21H25N7OS. The molecule has 3 N–H and O–H groups in total. The summed E-state index contributed by atoms with van der Waals surface area (Å²) in [7, 11) is 0. The number of carbonyl (C=O) groups is 1. The molecule has 0 radical (unpaired) electrons. The Labute approximate surface area is 179 Å². The summed E-state index contributed by atoms with van der Waals surface area (Å²) in [6.45, 7) is 6.05. The highest BCUT2D eigenvalue weighted by Crippen LogP contribution is 2.39. The first kappa shape index (κ1) is 20.3. The number of rotatable bonds is 8. The maximum absolute atomic E-state index is 11.5. The quantitative estimate of drug-likeness (QED) is 0.476. The number of nitrogens with one attached hydrogen (secondary N) is 3. The maximum atomic E-state index is 11.5. The Kier molecular flexibility index (Phi) is 5.98. The summed E-state index contributed by atoms with van der Waals surface area (Å²) in [4.78, 5) is 26.3. The molecule has 1 amide bonds. The van der Waals surface area contributed by atoms with E-state index >= 15 is 0 Å². The molecule has 0 atom stereocenters. The third-order valence-corrected chi connectivity index (χ3v) is 5.58. The second-order valence-corrected chi connectivity index (χ2v) is 8.63. The van der Waals surface area contributed by atoms with Crippen LogP contribution < -0.4 is 10.6 Å². The van der Waals surface area contributed by atoms with Crippen molar-refractivity contribution in [1.29, 1.82) is 0 Å². The zero-order chi connectivity index (χ0) is 21.1. The maximum Gasteiger partial charge on any atom is 0.232 e. The fraction of sp³-hybridized carbons (Fsp3) is 0.381. The van der Waals surface area contributed by atoms with Crippen molar-refractivity contribution in [3.63, 3.8) is 0 Å². The Bertz CT molecular complexity index is 1030. The molecule has 156 valence electrons. The van der Waals surface area contributed by atoms with Gasteiger partial charge in [0.05, 0.1) is 0 Å². The van der Waals surface area contributed by atoms with Crippen LogP contribution in [0, 0.1) is 0 Å². The van der Waals surface area contributed by atoms with E-state index in [2.05, 4.69) is 49.6 Å². The van der Waals surface area contributed by atoms with E-state index in [1.54, 1.807) is 0 Å². The lowest BCUT2D eigenvalue weighted by Gasteiger charge is -2.08. The number of aromatic nitrogens is 5. The highest BCUT2D eigenvalue weighted by atomic mass is 32.2. The molecule has 1 saturated carbocycles. The van der Waals surface area contributed by atoms with Gasteiger partial charge in [-0.2, -0.15) is 15.1 Å². The number of nitrogens with zero attached hydrogens (tertiary/aromatic N) is 4. The molecule has 2 heterocycles. The smallest absolute Gasteiger partial charge is 0.232 e. The second-order valence-electron chi connectivity index (χ2n) is 7.59. The lowest BCUT2D eigenvalue weighted by atomic mass is 10.1. The Morgan fingerprint density at radius 2 is 1.97 bits per heavy atom. The number of hydrogen-bond donors (Lipinski definition) is 3. The van der Waals surface area contributed by atoms with E-state index in [-0.39, 0.29) is 5.91 Å². The molecule has 1 aromatic carbocycles. The van der Waals surface area contributed by atoms with Crippen molar-refractivity contribution in [2.75, 3.05) is 10.6 Å². The van der Waals surface area contributed by atoms with E-state index in [0.717, 1.165) is 34.9 Å². The van der Waals surface area contributed by atoms with Crippen molar-refractivity contribution < 1.29 is 4.79 Å². The zero-order valence-electron chi connectivity index (χ0n) is 17.3. The van der Waals surface area contributed by atoms with Crippen molar-refractivity contribution in [3.8, 4) is 0 Å². The molecule has 9 heteroatoms. The first-order chi connectivity index (χ1) is 14.5. The van der Waals surface area contributed by atoms with Crippen LogP contribution in [0.25, 0.3) is 0 Å². The molecule has 0 saturated heterocycles. The summed E-state index contributed by atoms with van der Waals surface area (Å²) < 4.78 is 0. The van der Waals surface area contributed by atoms with E-state index < -0.39 is 0 Å². The molecular weight excluding hydrogens is 398 g/mol. The van der Waals surface area contributed by atoms with Gasteiger partial charge in [-0.25, -0.2) is 4.98 Å². The Morgan fingerprint density at radius 3 is 2.60 bits per heavy atom. The fourth-order valence-corrected chi connectivity index (χ4v) is 3.52. The predicted octanol–water partition coefficient (Wildman–Crippen LogP) is 4.84. The van der Waals surface area contributed by atoms with Crippen LogP contribution in [0.15, 0.2) is 40.4 Å². The molecule has 8 nitrogen and oxygen atoms in total. The number of hydrogen-bond acceptors (Lipinski definition) is 7. The van der Waals surface area contributed by atoms with Crippen molar-refractivity contribution in [3.05, 3.63) is 41.9 Å². The first-order valence-corrected chi connectivity index (χ1v) is 11.0. The summed E-state index contributed by atoms with van der Waals surface area (Å²) in [5, 5.41) is 14.0. The van der Waals surface area contributed by atoms with Crippen LogP contribution in [0.4, 0.5) is 17.5 Å². The standard InChI is InChI=1S/C21H25N7OS/c1-4-18(29)22-14-7-9-15(10-8-14)30-21-25-19(13-5-6-13)24-20(26-21)23-17-11-16(12(2)3)27-28-17/h7-13H,4-6H2,1-3H3,(H,22,29)(H2,23,24,25,26,27,28). The molecule has 2 aromatic heterocycles. The number of amides is 1. The van der Waals surface area contributed by atoms with Gasteiger partial charge in [0.2, 0.25) is 11.9 Å². The van der Waals surface area contributed by atoms with Gasteiger partial charge < -0.3 is 10.6 Å². The van der Waals surface area contributed by atoms with Gasteiger partial charge in [-0.05, 0) is 54.8 Å². The summed E-state index contributed by atoms with van der Waals surface area (Å²) in [6.07, 6.45) is 2.67. The zero-order valence-corrected chi connectivity index (χ0v) is 18.1. The highest BCUT2D eigenvalue weighted by Gasteiger charge is 2.28. The van der Waals surface area contributed by atoms with E-state index in [1.165, 1.54) is 11.8 Å². The molecule has 0 spiro atoms. The molecule has 3 aromatic rings. The van der Waals surface area contributed by atoms with Gasteiger partial charge >= 0.3 is 0 Å². The molecule has 1 aliphatic carbocycles. The van der Waals surface area contributed by atoms with Crippen LogP contribution in [0.5, 0.6) is 0 Å². The third-order valence-electron chi connectivity index (χ3n) is 4.70. The van der Waals surface area contributed by atoms with Crippen LogP contribution >= 0.6 is 11.8 Å². The van der Waals surface area contributed by atoms with Crippen LogP contribution in [0.2, 0.25) is 0 Å². The van der Waals surface area contributed by atoms with Gasteiger partial charge in [0.25, 0.3) is 0 Å². The monoisotopic (exact) mass is 423 g/mol. The second kappa shape index (κ2) is 8.83. The molecule has 0 bridgehead atoms. The Balaban J connectivity index is 1.51. The SMILES string of the molecule is CCC(=O)Nc1ccc(Sc2nc(Nc3cc(C(C)C)[nH]n3)nc(C3CC3)n2)cc1. The minimum atomic E-state index is -0.00310. The van der Waals surface area contributed by atoms with Gasteiger partial charge in [-0.3, -0.25) is 9.89 Å². The first-order valence-electron chi connectivity index (χ1n) is 10.2. The fourth-order valence-electron chi connectivity index (χ4n) is 2.77. The van der Waals surface area contributed by atoms with Crippen molar-refractivity contribution in [2.24, 2.45) is 0 Å². The topological polar surface area (TPSA) is 108 Å². The number of anilines is 3. The van der Waals surface area contributed by atoms with Crippen LogP contribution in [0.1, 0.15) is 63.4 Å². The van der Waals surface area contributed by atoms with E-state index in [4.69, 9.17) is 0 Å². The molecule has 0 unspecified atom stereocenters. The average molecular weight is 424 g/mol. The van der Waals surface area contributed by atoms with Crippen molar-refractivity contribution >= 4 is 35.1 Å². The van der Waals surface area contributed by atoms with Gasteiger partial charge in [-0.15, -0.1) is 0 Å². The lowest BCUT2D eigenvalue weighted by Crippen LogP contribution is -2.09. The summed E-state index contributed by atoms with van der Waals surface area (Å²) in [5.41, 5.74) is 1.83. The Hall–Kier alpha value is -2.94. The van der Waals surface area contributed by atoms with E-state index in [0.29, 0.717) is 35.2 Å². The predicted molar refractivity (Wildman–Crippen MR) is 117 cm³/mol. The molecule has 1 aliphatic rings. The highest BCUT2D eigenvalue weighted by molar-refractivity contribution is 7.99. The van der Waals surface area contributed by atoms with Crippen molar-refractivity contribution in [1.82, 2.24) is 25.1 Å². The largest absolute Gasteiger partial charge is 0.326 e.